The largest absolute Gasteiger partial charge is 0.458 e. The standard InChI is InChI=1S/C15H25NO9/c1-14(2,3)24-12(19)8-21-7-10(17)23-11(18)9-22-16-13(20)25-15(4,5)6/h7-9H2,1-6H3,(H,16,20). The van der Waals surface area contributed by atoms with E-state index in [1.54, 1.807) is 41.5 Å². The molecule has 0 saturated heterocycles. The van der Waals surface area contributed by atoms with Gasteiger partial charge in [-0.2, -0.15) is 5.48 Å². The van der Waals surface area contributed by atoms with Crippen LogP contribution in [-0.2, 0) is 38.2 Å². The molecule has 0 saturated carbocycles. The van der Waals surface area contributed by atoms with Crippen molar-refractivity contribution in [3.05, 3.63) is 0 Å². The third-order valence-corrected chi connectivity index (χ3v) is 1.83. The van der Waals surface area contributed by atoms with E-state index in [1.807, 2.05) is 5.48 Å². The number of esters is 3. The van der Waals surface area contributed by atoms with Gasteiger partial charge in [0.2, 0.25) is 0 Å². The summed E-state index contributed by atoms with van der Waals surface area (Å²) in [7, 11) is 0. The lowest BCUT2D eigenvalue weighted by atomic mass is 10.2. The van der Waals surface area contributed by atoms with Crippen LogP contribution in [0.2, 0.25) is 0 Å². The quantitative estimate of drug-likeness (QED) is 0.303. The molecule has 25 heavy (non-hydrogen) atoms. The van der Waals surface area contributed by atoms with Gasteiger partial charge in [-0.3, -0.25) is 4.84 Å². The van der Waals surface area contributed by atoms with Crippen LogP contribution in [0.3, 0.4) is 0 Å². The number of nitrogens with one attached hydrogen (secondary N) is 1. The fourth-order valence-corrected chi connectivity index (χ4v) is 1.23. The summed E-state index contributed by atoms with van der Waals surface area (Å²) in [5.41, 5.74) is 0.459. The zero-order valence-corrected chi connectivity index (χ0v) is 15.3. The molecule has 0 unspecified atom stereocenters. The van der Waals surface area contributed by atoms with Gasteiger partial charge in [0.05, 0.1) is 0 Å². The lowest BCUT2D eigenvalue weighted by Gasteiger charge is -2.19. The van der Waals surface area contributed by atoms with E-state index < -0.39 is 55.0 Å². The summed E-state index contributed by atoms with van der Waals surface area (Å²) < 4.78 is 18.9. The average molecular weight is 363 g/mol. The third kappa shape index (κ3) is 15.1. The first-order valence-corrected chi connectivity index (χ1v) is 7.42. The second kappa shape index (κ2) is 9.94. The Balaban J connectivity index is 3.87. The van der Waals surface area contributed by atoms with Crippen LogP contribution in [0.1, 0.15) is 41.5 Å². The Kier molecular flexibility index (Phi) is 9.07. The van der Waals surface area contributed by atoms with Gasteiger partial charge in [0, 0.05) is 0 Å². The Morgan fingerprint density at radius 1 is 0.720 bits per heavy atom. The van der Waals surface area contributed by atoms with E-state index in [0.29, 0.717) is 0 Å². The lowest BCUT2D eigenvalue weighted by molar-refractivity contribution is -0.169. The van der Waals surface area contributed by atoms with E-state index in [2.05, 4.69) is 9.57 Å². The molecule has 0 aromatic heterocycles. The van der Waals surface area contributed by atoms with Crippen LogP contribution in [0.4, 0.5) is 4.79 Å². The lowest BCUT2D eigenvalue weighted by Crippen LogP contribution is -2.34. The van der Waals surface area contributed by atoms with Gasteiger partial charge in [0.15, 0.2) is 6.61 Å². The van der Waals surface area contributed by atoms with Crippen LogP contribution in [0.15, 0.2) is 0 Å². The molecule has 10 nitrogen and oxygen atoms in total. The number of rotatable bonds is 7. The Hall–Kier alpha value is -2.20. The number of hydrogen-bond donors (Lipinski definition) is 1. The number of carbonyl (C=O) groups is 4. The van der Waals surface area contributed by atoms with Gasteiger partial charge in [0.1, 0.15) is 24.4 Å². The van der Waals surface area contributed by atoms with Gasteiger partial charge in [-0.1, -0.05) is 0 Å². The highest BCUT2D eigenvalue weighted by atomic mass is 16.7. The number of carbonyl (C=O) groups excluding carboxylic acids is 4. The fourth-order valence-electron chi connectivity index (χ4n) is 1.23. The van der Waals surface area contributed by atoms with E-state index in [4.69, 9.17) is 14.2 Å². The first kappa shape index (κ1) is 22.8. The Bertz CT molecular complexity index is 444. The van der Waals surface area contributed by atoms with Crippen molar-refractivity contribution < 1.29 is 43.0 Å². The Labute approximate surface area is 146 Å². The van der Waals surface area contributed by atoms with E-state index in [1.165, 1.54) is 0 Å². The molecular weight excluding hydrogens is 338 g/mol. The molecule has 0 aliphatic rings. The maximum absolute atomic E-state index is 11.3. The van der Waals surface area contributed by atoms with Crippen LogP contribution in [-0.4, -0.2) is 55.0 Å². The molecule has 1 N–H and O–H groups in total. The fraction of sp³-hybridized carbons (Fsp3) is 0.733. The summed E-state index contributed by atoms with van der Waals surface area (Å²) in [6.07, 6.45) is -0.896. The number of amides is 1. The second-order valence-corrected chi connectivity index (χ2v) is 6.82. The monoisotopic (exact) mass is 363 g/mol. The summed E-state index contributed by atoms with van der Waals surface area (Å²) in [5, 5.41) is 0. The SMILES string of the molecule is CC(C)(C)OC(=O)COCC(=O)OC(=O)CONC(=O)OC(C)(C)C. The molecule has 0 fully saturated rings. The van der Waals surface area contributed by atoms with E-state index in [-0.39, 0.29) is 0 Å². The van der Waals surface area contributed by atoms with Gasteiger partial charge in [-0.15, -0.1) is 0 Å². The molecule has 0 bridgehead atoms. The zero-order valence-electron chi connectivity index (χ0n) is 15.3. The summed E-state index contributed by atoms with van der Waals surface area (Å²) in [6.45, 7) is 8.21. The highest BCUT2D eigenvalue weighted by Gasteiger charge is 2.19. The molecule has 0 radical (unpaired) electrons. The van der Waals surface area contributed by atoms with E-state index in [0.717, 1.165) is 0 Å². The van der Waals surface area contributed by atoms with Crippen molar-refractivity contribution in [1.82, 2.24) is 5.48 Å². The molecule has 0 spiro atoms. The van der Waals surface area contributed by atoms with Crippen LogP contribution in [0, 0.1) is 0 Å². The second-order valence-electron chi connectivity index (χ2n) is 6.82. The molecule has 1 amide bonds. The Morgan fingerprint density at radius 2 is 1.20 bits per heavy atom. The van der Waals surface area contributed by atoms with Crippen LogP contribution < -0.4 is 5.48 Å². The van der Waals surface area contributed by atoms with Crippen molar-refractivity contribution in [3.63, 3.8) is 0 Å². The summed E-state index contributed by atoms with van der Waals surface area (Å²) in [4.78, 5) is 49.7. The van der Waals surface area contributed by atoms with Gasteiger partial charge in [-0.25, -0.2) is 19.2 Å². The normalized spacial score (nSPS) is 11.4. The van der Waals surface area contributed by atoms with Crippen LogP contribution in [0.5, 0.6) is 0 Å². The maximum Gasteiger partial charge on any atom is 0.431 e. The molecular formula is C15H25NO9. The van der Waals surface area contributed by atoms with Gasteiger partial charge in [-0.05, 0) is 41.5 Å². The van der Waals surface area contributed by atoms with Crippen LogP contribution in [0.25, 0.3) is 0 Å². The smallest absolute Gasteiger partial charge is 0.431 e. The van der Waals surface area contributed by atoms with Gasteiger partial charge >= 0.3 is 24.0 Å². The zero-order chi connectivity index (χ0) is 19.7. The maximum atomic E-state index is 11.3. The molecule has 0 aliphatic carbocycles. The average Bonchev–Trinajstić information content (AvgIpc) is 2.33. The van der Waals surface area contributed by atoms with Crippen molar-refractivity contribution in [2.24, 2.45) is 0 Å². The van der Waals surface area contributed by atoms with Crippen molar-refractivity contribution in [1.29, 1.82) is 0 Å². The molecule has 144 valence electrons. The number of hydrogen-bond acceptors (Lipinski definition) is 9. The minimum absolute atomic E-state index is 0.461. The first-order valence-electron chi connectivity index (χ1n) is 7.42. The van der Waals surface area contributed by atoms with Crippen molar-refractivity contribution >= 4 is 24.0 Å². The first-order chi connectivity index (χ1) is 11.3. The Morgan fingerprint density at radius 3 is 1.72 bits per heavy atom. The predicted molar refractivity (Wildman–Crippen MR) is 83.1 cm³/mol. The van der Waals surface area contributed by atoms with Crippen molar-refractivity contribution in [2.75, 3.05) is 19.8 Å². The number of hydroxylamine groups is 1. The third-order valence-electron chi connectivity index (χ3n) is 1.83. The highest BCUT2D eigenvalue weighted by molar-refractivity contribution is 5.86. The molecule has 0 atom stereocenters. The van der Waals surface area contributed by atoms with Crippen molar-refractivity contribution in [2.45, 2.75) is 52.7 Å². The highest BCUT2D eigenvalue weighted by Crippen LogP contribution is 2.07. The molecule has 10 heteroatoms. The minimum atomic E-state index is -1.05. The topological polar surface area (TPSA) is 126 Å². The molecule has 0 aromatic rings. The molecule has 0 rings (SSSR count). The predicted octanol–water partition coefficient (Wildman–Crippen LogP) is 0.871. The van der Waals surface area contributed by atoms with Crippen molar-refractivity contribution in [3.8, 4) is 0 Å². The van der Waals surface area contributed by atoms with Gasteiger partial charge < -0.3 is 18.9 Å². The van der Waals surface area contributed by atoms with Gasteiger partial charge in [0.25, 0.3) is 0 Å². The van der Waals surface area contributed by atoms with E-state index >= 15 is 0 Å². The van der Waals surface area contributed by atoms with E-state index in [9.17, 15) is 19.2 Å². The summed E-state index contributed by atoms with van der Waals surface area (Å²) >= 11 is 0. The molecule has 0 aliphatic heterocycles. The summed E-state index contributed by atoms with van der Waals surface area (Å²) in [6, 6.07) is 0. The molecule has 0 aromatic carbocycles. The molecule has 0 heterocycles. The minimum Gasteiger partial charge on any atom is -0.458 e. The number of ether oxygens (including phenoxy) is 4. The van der Waals surface area contributed by atoms with Crippen LogP contribution >= 0.6 is 0 Å². The summed E-state index contributed by atoms with van der Waals surface area (Å²) in [5.74, 6) is -2.73.